The molecule has 78 valence electrons. The maximum atomic E-state index is 5.89. The molecule has 0 amide bonds. The van der Waals surface area contributed by atoms with E-state index in [1.807, 2.05) is 0 Å². The van der Waals surface area contributed by atoms with E-state index in [-0.39, 0.29) is 5.41 Å². The van der Waals surface area contributed by atoms with Gasteiger partial charge in [-0.3, -0.25) is 0 Å². The SMILES string of the molecule is Cc1cccc(C(C)(CN)C(C)C)c1. The lowest BCUT2D eigenvalue weighted by molar-refractivity contribution is 0.347. The second kappa shape index (κ2) is 4.14. The molecule has 0 aliphatic rings. The summed E-state index contributed by atoms with van der Waals surface area (Å²) in [4.78, 5) is 0. The van der Waals surface area contributed by atoms with Crippen molar-refractivity contribution in [1.82, 2.24) is 0 Å². The Bertz CT molecular complexity index is 304. The van der Waals surface area contributed by atoms with Crippen molar-refractivity contribution in [3.05, 3.63) is 35.4 Å². The molecule has 0 radical (unpaired) electrons. The van der Waals surface area contributed by atoms with Gasteiger partial charge in [0, 0.05) is 12.0 Å². The highest BCUT2D eigenvalue weighted by atomic mass is 14.6. The molecule has 0 aromatic heterocycles. The summed E-state index contributed by atoms with van der Waals surface area (Å²) in [6, 6.07) is 8.66. The summed E-state index contributed by atoms with van der Waals surface area (Å²) in [6.45, 7) is 9.53. The molecule has 0 heterocycles. The van der Waals surface area contributed by atoms with Gasteiger partial charge in [0.05, 0.1) is 0 Å². The molecule has 0 aliphatic heterocycles. The first-order valence-electron chi connectivity index (χ1n) is 5.28. The van der Waals surface area contributed by atoms with Gasteiger partial charge in [0.15, 0.2) is 0 Å². The lowest BCUT2D eigenvalue weighted by Crippen LogP contribution is -2.37. The number of hydrogen-bond donors (Lipinski definition) is 1. The lowest BCUT2D eigenvalue weighted by atomic mass is 9.73. The Morgan fingerprint density at radius 1 is 1.36 bits per heavy atom. The third kappa shape index (κ3) is 1.98. The number of benzene rings is 1. The van der Waals surface area contributed by atoms with Gasteiger partial charge in [0.1, 0.15) is 0 Å². The Kier molecular flexibility index (Phi) is 3.33. The minimum absolute atomic E-state index is 0.103. The molecule has 1 nitrogen and oxygen atoms in total. The Morgan fingerprint density at radius 2 is 2.00 bits per heavy atom. The molecule has 1 heteroatoms. The summed E-state index contributed by atoms with van der Waals surface area (Å²) in [5.41, 5.74) is 8.66. The predicted molar refractivity (Wildman–Crippen MR) is 62.4 cm³/mol. The average Bonchev–Trinajstić information content (AvgIpc) is 2.16. The molecule has 1 atom stereocenters. The number of hydrogen-bond acceptors (Lipinski definition) is 1. The van der Waals surface area contributed by atoms with Crippen LogP contribution >= 0.6 is 0 Å². The number of aryl methyl sites for hydroxylation is 1. The van der Waals surface area contributed by atoms with Gasteiger partial charge in [0.25, 0.3) is 0 Å². The third-order valence-corrected chi connectivity index (χ3v) is 3.38. The molecule has 0 saturated carbocycles. The maximum absolute atomic E-state index is 5.89. The monoisotopic (exact) mass is 191 g/mol. The minimum Gasteiger partial charge on any atom is -0.330 e. The molecule has 1 unspecified atom stereocenters. The fraction of sp³-hybridized carbons (Fsp3) is 0.538. The van der Waals surface area contributed by atoms with Crippen molar-refractivity contribution in [2.45, 2.75) is 33.1 Å². The first-order chi connectivity index (χ1) is 6.50. The van der Waals surface area contributed by atoms with Gasteiger partial charge in [0.2, 0.25) is 0 Å². The van der Waals surface area contributed by atoms with Gasteiger partial charge in [-0.2, -0.15) is 0 Å². The Morgan fingerprint density at radius 3 is 2.43 bits per heavy atom. The van der Waals surface area contributed by atoms with Crippen LogP contribution in [0.25, 0.3) is 0 Å². The van der Waals surface area contributed by atoms with Crippen LogP contribution in [0.15, 0.2) is 24.3 Å². The molecular formula is C13H21N. The van der Waals surface area contributed by atoms with Gasteiger partial charge in [-0.15, -0.1) is 0 Å². The maximum Gasteiger partial charge on any atom is 0.00703 e. The van der Waals surface area contributed by atoms with Gasteiger partial charge in [-0.05, 0) is 18.4 Å². The molecule has 1 aromatic rings. The first kappa shape index (κ1) is 11.3. The van der Waals surface area contributed by atoms with Crippen LogP contribution in [0.3, 0.4) is 0 Å². The van der Waals surface area contributed by atoms with Gasteiger partial charge < -0.3 is 5.73 Å². The van der Waals surface area contributed by atoms with Crippen LogP contribution in [0, 0.1) is 12.8 Å². The summed E-state index contributed by atoms with van der Waals surface area (Å²) in [5, 5.41) is 0. The average molecular weight is 191 g/mol. The van der Waals surface area contributed by atoms with Crippen molar-refractivity contribution < 1.29 is 0 Å². The molecule has 0 saturated heterocycles. The normalized spacial score (nSPS) is 15.6. The Balaban J connectivity index is 3.12. The Hall–Kier alpha value is -0.820. The van der Waals surface area contributed by atoms with Crippen LogP contribution in [0.5, 0.6) is 0 Å². The smallest absolute Gasteiger partial charge is 0.00703 e. The molecule has 0 fully saturated rings. The molecule has 0 bridgehead atoms. The zero-order valence-corrected chi connectivity index (χ0v) is 9.67. The minimum atomic E-state index is 0.103. The van der Waals surface area contributed by atoms with Crippen LogP contribution in [-0.2, 0) is 5.41 Å². The second-order valence-electron chi connectivity index (χ2n) is 4.65. The molecule has 1 rings (SSSR count). The summed E-state index contributed by atoms with van der Waals surface area (Å²) < 4.78 is 0. The lowest BCUT2D eigenvalue weighted by Gasteiger charge is -2.33. The molecule has 1 aromatic carbocycles. The highest BCUT2D eigenvalue weighted by molar-refractivity contribution is 5.30. The second-order valence-corrected chi connectivity index (χ2v) is 4.65. The Labute approximate surface area is 87.3 Å². The van der Waals surface area contributed by atoms with E-state index >= 15 is 0 Å². The quantitative estimate of drug-likeness (QED) is 0.781. The van der Waals surface area contributed by atoms with Gasteiger partial charge >= 0.3 is 0 Å². The van der Waals surface area contributed by atoms with Crippen LogP contribution in [0.2, 0.25) is 0 Å². The van der Waals surface area contributed by atoms with Crippen molar-refractivity contribution in [2.24, 2.45) is 11.7 Å². The van der Waals surface area contributed by atoms with E-state index in [1.165, 1.54) is 11.1 Å². The zero-order valence-electron chi connectivity index (χ0n) is 9.67. The van der Waals surface area contributed by atoms with Crippen LogP contribution in [-0.4, -0.2) is 6.54 Å². The summed E-state index contributed by atoms with van der Waals surface area (Å²) >= 11 is 0. The molecule has 0 aliphatic carbocycles. The predicted octanol–water partition coefficient (Wildman–Crippen LogP) is 2.87. The first-order valence-corrected chi connectivity index (χ1v) is 5.28. The zero-order chi connectivity index (χ0) is 10.8. The third-order valence-electron chi connectivity index (χ3n) is 3.38. The fourth-order valence-electron chi connectivity index (χ4n) is 1.69. The molecule has 2 N–H and O–H groups in total. The van der Waals surface area contributed by atoms with Crippen molar-refractivity contribution >= 4 is 0 Å². The van der Waals surface area contributed by atoms with E-state index in [0.29, 0.717) is 12.5 Å². The van der Waals surface area contributed by atoms with E-state index in [9.17, 15) is 0 Å². The highest BCUT2D eigenvalue weighted by Gasteiger charge is 2.28. The van der Waals surface area contributed by atoms with E-state index < -0.39 is 0 Å². The standard InChI is InChI=1S/C13H21N/c1-10(2)13(4,9-14)12-7-5-6-11(3)8-12/h5-8,10H,9,14H2,1-4H3. The molecule has 14 heavy (non-hydrogen) atoms. The summed E-state index contributed by atoms with van der Waals surface area (Å²) in [7, 11) is 0. The summed E-state index contributed by atoms with van der Waals surface area (Å²) in [5.74, 6) is 0.564. The van der Waals surface area contributed by atoms with Crippen LogP contribution in [0.1, 0.15) is 31.9 Å². The number of nitrogens with two attached hydrogens (primary N) is 1. The van der Waals surface area contributed by atoms with Crippen molar-refractivity contribution in [2.75, 3.05) is 6.54 Å². The van der Waals surface area contributed by atoms with Crippen molar-refractivity contribution in [3.63, 3.8) is 0 Å². The van der Waals surface area contributed by atoms with E-state index in [0.717, 1.165) is 0 Å². The molecule has 0 spiro atoms. The van der Waals surface area contributed by atoms with Crippen molar-refractivity contribution in [1.29, 1.82) is 0 Å². The van der Waals surface area contributed by atoms with E-state index in [4.69, 9.17) is 5.73 Å². The van der Waals surface area contributed by atoms with E-state index in [2.05, 4.69) is 52.0 Å². The van der Waals surface area contributed by atoms with Crippen LogP contribution in [0.4, 0.5) is 0 Å². The van der Waals surface area contributed by atoms with E-state index in [1.54, 1.807) is 0 Å². The largest absolute Gasteiger partial charge is 0.330 e. The van der Waals surface area contributed by atoms with Gasteiger partial charge in [-0.25, -0.2) is 0 Å². The number of rotatable bonds is 3. The fourth-order valence-corrected chi connectivity index (χ4v) is 1.69. The van der Waals surface area contributed by atoms with Crippen LogP contribution < -0.4 is 5.73 Å². The van der Waals surface area contributed by atoms with Gasteiger partial charge in [-0.1, -0.05) is 50.6 Å². The summed E-state index contributed by atoms with van der Waals surface area (Å²) in [6.07, 6.45) is 0. The highest BCUT2D eigenvalue weighted by Crippen LogP contribution is 2.31. The van der Waals surface area contributed by atoms with Crippen molar-refractivity contribution in [3.8, 4) is 0 Å². The molecular weight excluding hydrogens is 170 g/mol. The topological polar surface area (TPSA) is 26.0 Å².